The summed E-state index contributed by atoms with van der Waals surface area (Å²) < 4.78 is 56.8. The average Bonchev–Trinajstić information content (AvgIpc) is 2.63. The van der Waals surface area contributed by atoms with Crippen LogP contribution in [-0.2, 0) is 39.8 Å². The lowest BCUT2D eigenvalue weighted by atomic mass is 10.0. The summed E-state index contributed by atoms with van der Waals surface area (Å²) in [4.78, 5) is 12.3. The van der Waals surface area contributed by atoms with Gasteiger partial charge in [-0.25, -0.2) is 0 Å². The summed E-state index contributed by atoms with van der Waals surface area (Å²) in [5.41, 5.74) is 0.371. The summed E-state index contributed by atoms with van der Waals surface area (Å²) in [6.07, 6.45) is -0.585. The Morgan fingerprint density at radius 2 is 1.52 bits per heavy atom. The zero-order valence-electron chi connectivity index (χ0n) is 13.3. The molecule has 9 heteroatoms. The molecule has 1 fully saturated rings. The van der Waals surface area contributed by atoms with E-state index in [4.69, 9.17) is 8.37 Å². The van der Waals surface area contributed by atoms with Crippen molar-refractivity contribution in [2.45, 2.75) is 17.4 Å². The first-order valence-corrected chi connectivity index (χ1v) is 10.3. The minimum Gasteiger partial charge on any atom is -0.297 e. The first-order valence-electron chi connectivity index (χ1n) is 7.46. The number of benzene rings is 2. The normalized spacial score (nSPS) is 21.5. The quantitative estimate of drug-likeness (QED) is 0.736. The third kappa shape index (κ3) is 2.86. The summed E-state index contributed by atoms with van der Waals surface area (Å²) in [7, 11) is -9.48. The van der Waals surface area contributed by atoms with Crippen molar-refractivity contribution in [1.29, 1.82) is 0 Å². The van der Waals surface area contributed by atoms with E-state index >= 15 is 0 Å². The number of hydrogen-bond donors (Lipinski definition) is 0. The van der Waals surface area contributed by atoms with Crippen molar-refractivity contribution >= 4 is 36.8 Å². The molecule has 0 radical (unpaired) electrons. The lowest BCUT2D eigenvalue weighted by molar-refractivity contribution is -0.117. The van der Waals surface area contributed by atoms with Gasteiger partial charge in [0.05, 0.1) is 13.2 Å². The minimum atomic E-state index is -4.74. The summed E-state index contributed by atoms with van der Waals surface area (Å²) in [5.74, 6) is -1.07. The maximum absolute atomic E-state index is 12.5. The molecule has 0 atom stereocenters. The highest BCUT2D eigenvalue weighted by Gasteiger charge is 2.62. The maximum atomic E-state index is 12.5. The van der Waals surface area contributed by atoms with Crippen LogP contribution in [0.2, 0.25) is 0 Å². The van der Waals surface area contributed by atoms with Crippen LogP contribution < -0.4 is 0 Å². The summed E-state index contributed by atoms with van der Waals surface area (Å²) in [6.45, 7) is -0.0170. The summed E-state index contributed by atoms with van der Waals surface area (Å²) in [5, 5.41) is 1.70. The molecule has 7 nitrogen and oxygen atoms in total. The number of rotatable bonds is 3. The van der Waals surface area contributed by atoms with Gasteiger partial charge in [0.25, 0.3) is 24.3 Å². The fourth-order valence-corrected chi connectivity index (χ4v) is 6.51. The molecule has 1 aliphatic heterocycles. The van der Waals surface area contributed by atoms with E-state index in [1.807, 2.05) is 18.2 Å². The van der Waals surface area contributed by atoms with Gasteiger partial charge in [-0.3, -0.25) is 13.2 Å². The predicted molar refractivity (Wildman–Crippen MR) is 90.8 cm³/mol. The Bertz CT molecular complexity index is 1000. The lowest BCUT2D eigenvalue weighted by Gasteiger charge is -2.26. The second kappa shape index (κ2) is 6.17. The Hall–Kier alpha value is -1.81. The van der Waals surface area contributed by atoms with Crippen LogP contribution in [0.15, 0.2) is 42.5 Å². The van der Waals surface area contributed by atoms with Gasteiger partial charge in [-0.1, -0.05) is 42.5 Å². The maximum Gasteiger partial charge on any atom is 0.298 e. The molecule has 0 aromatic heterocycles. The molecule has 3 rings (SSSR count). The van der Waals surface area contributed by atoms with E-state index in [1.165, 1.54) is 0 Å². The minimum absolute atomic E-state index is 0.371. The van der Waals surface area contributed by atoms with E-state index in [9.17, 15) is 21.6 Å². The number of Topliss-reactive ketones (excluding diaryl/α,β-unsaturated/α-hetero) is 1. The molecule has 1 heterocycles. The first kappa shape index (κ1) is 18.0. The number of carbonyl (C=O) groups is 1. The van der Waals surface area contributed by atoms with Crippen molar-refractivity contribution in [3.63, 3.8) is 0 Å². The third-order valence-electron chi connectivity index (χ3n) is 4.16. The Morgan fingerprint density at radius 1 is 0.960 bits per heavy atom. The Balaban J connectivity index is 2.20. The Morgan fingerprint density at radius 3 is 2.08 bits per heavy atom. The largest absolute Gasteiger partial charge is 0.298 e. The zero-order chi connectivity index (χ0) is 18.3. The van der Waals surface area contributed by atoms with Crippen LogP contribution in [0, 0.1) is 0 Å². The number of hydrogen-bond acceptors (Lipinski definition) is 7. The van der Waals surface area contributed by atoms with Gasteiger partial charge in [-0.05, 0) is 23.3 Å². The van der Waals surface area contributed by atoms with Crippen molar-refractivity contribution < 1.29 is 30.0 Å². The van der Waals surface area contributed by atoms with Gasteiger partial charge < -0.3 is 0 Å². The van der Waals surface area contributed by atoms with Gasteiger partial charge in [0, 0.05) is 6.42 Å². The molecule has 0 saturated carbocycles. The van der Waals surface area contributed by atoms with Crippen LogP contribution in [0.1, 0.15) is 12.5 Å². The predicted octanol–water partition coefficient (Wildman–Crippen LogP) is 1.37. The van der Waals surface area contributed by atoms with E-state index in [-0.39, 0.29) is 0 Å². The Labute approximate surface area is 145 Å². The van der Waals surface area contributed by atoms with Crippen LogP contribution in [0.25, 0.3) is 10.8 Å². The molecular weight excluding hydrogens is 368 g/mol. The molecule has 0 amide bonds. The molecule has 2 aromatic rings. The second-order valence-corrected chi connectivity index (χ2v) is 9.66. The SMILES string of the molecule is CC(=O)C1(Cc2ccc3ccccc3c2)S(=O)(=O)OCCOS1(=O)=O. The fraction of sp³-hybridized carbons (Fsp3) is 0.312. The molecule has 25 heavy (non-hydrogen) atoms. The highest BCUT2D eigenvalue weighted by molar-refractivity contribution is 8.07. The van der Waals surface area contributed by atoms with Gasteiger partial charge in [0.2, 0.25) is 0 Å². The highest BCUT2D eigenvalue weighted by atomic mass is 32.3. The van der Waals surface area contributed by atoms with Gasteiger partial charge in [-0.15, -0.1) is 0 Å². The van der Waals surface area contributed by atoms with Crippen molar-refractivity contribution in [1.82, 2.24) is 0 Å². The van der Waals surface area contributed by atoms with E-state index in [0.717, 1.165) is 17.7 Å². The molecular formula is C16H16O7S2. The van der Waals surface area contributed by atoms with Crippen LogP contribution in [0.3, 0.4) is 0 Å². The van der Waals surface area contributed by atoms with E-state index in [2.05, 4.69) is 0 Å². The fourth-order valence-electron chi connectivity index (χ4n) is 2.87. The number of carbonyl (C=O) groups excluding carboxylic acids is 1. The number of fused-ring (bicyclic) bond motifs is 1. The Kier molecular flexibility index (Phi) is 4.44. The standard InChI is InChI=1S/C16H16O7S2/c1-12(17)16(24(18,19)22-8-9-23-25(16,20)21)11-13-6-7-14-4-2-3-5-15(14)10-13/h2-7,10H,8-9,11H2,1H3. The van der Waals surface area contributed by atoms with Crippen molar-refractivity contribution in [2.75, 3.05) is 13.2 Å². The van der Waals surface area contributed by atoms with Crippen LogP contribution in [-0.4, -0.2) is 39.9 Å². The second-order valence-electron chi connectivity index (χ2n) is 5.72. The van der Waals surface area contributed by atoms with Gasteiger partial charge in [-0.2, -0.15) is 16.8 Å². The molecule has 0 N–H and O–H groups in total. The smallest absolute Gasteiger partial charge is 0.297 e. The molecule has 2 aromatic carbocycles. The van der Waals surface area contributed by atoms with Crippen molar-refractivity contribution in [3.8, 4) is 0 Å². The summed E-state index contributed by atoms with van der Waals surface area (Å²) in [6, 6.07) is 12.3. The number of ketones is 1. The molecule has 0 spiro atoms. The van der Waals surface area contributed by atoms with Crippen molar-refractivity contribution in [3.05, 3.63) is 48.0 Å². The van der Waals surface area contributed by atoms with Gasteiger partial charge in [0.15, 0.2) is 5.78 Å². The van der Waals surface area contributed by atoms with E-state index < -0.39 is 49.7 Å². The molecule has 0 bridgehead atoms. The summed E-state index contributed by atoms with van der Waals surface area (Å²) >= 11 is 0. The highest BCUT2D eigenvalue weighted by Crippen LogP contribution is 2.35. The molecule has 1 aliphatic rings. The zero-order valence-corrected chi connectivity index (χ0v) is 15.0. The average molecular weight is 384 g/mol. The van der Waals surface area contributed by atoms with Crippen LogP contribution >= 0.6 is 0 Å². The van der Waals surface area contributed by atoms with Crippen LogP contribution in [0.5, 0.6) is 0 Å². The van der Waals surface area contributed by atoms with Crippen molar-refractivity contribution in [2.24, 2.45) is 0 Å². The molecule has 0 aliphatic carbocycles. The first-order chi connectivity index (χ1) is 11.7. The van der Waals surface area contributed by atoms with E-state index in [0.29, 0.717) is 5.56 Å². The van der Waals surface area contributed by atoms with Gasteiger partial charge >= 0.3 is 0 Å². The third-order valence-corrected chi connectivity index (χ3v) is 8.81. The molecule has 134 valence electrons. The lowest BCUT2D eigenvalue weighted by Crippen LogP contribution is -2.53. The molecule has 1 saturated heterocycles. The van der Waals surface area contributed by atoms with Gasteiger partial charge in [0.1, 0.15) is 0 Å². The van der Waals surface area contributed by atoms with E-state index in [1.54, 1.807) is 24.3 Å². The van der Waals surface area contributed by atoms with Crippen LogP contribution in [0.4, 0.5) is 0 Å². The molecule has 0 unspecified atom stereocenters. The topological polar surface area (TPSA) is 104 Å². The monoisotopic (exact) mass is 384 g/mol.